The molecule has 0 bridgehead atoms. The molecule has 0 radical (unpaired) electrons. The SMILES string of the molecule is COc1ncc2ncc(C#N)c(Nc3ccc(Oc4ccc5ncnn5c4)c(C)c3)c2c1O[C@H]1CCN(C)CC1(F)F. The number of aryl methyl sites for hydroxylation is 1. The molecule has 13 heteroatoms. The van der Waals surface area contributed by atoms with Crippen molar-refractivity contribution in [1.82, 2.24) is 29.5 Å². The summed E-state index contributed by atoms with van der Waals surface area (Å²) < 4.78 is 49.1. The first-order valence-corrected chi connectivity index (χ1v) is 13.1. The zero-order chi connectivity index (χ0) is 29.4. The molecule has 1 aliphatic heterocycles. The van der Waals surface area contributed by atoms with E-state index in [1.165, 1.54) is 25.8 Å². The summed E-state index contributed by atoms with van der Waals surface area (Å²) >= 11 is 0. The number of halogens is 2. The predicted octanol–water partition coefficient (Wildman–Crippen LogP) is 5.12. The second-order valence-electron chi connectivity index (χ2n) is 10.0. The molecule has 1 atom stereocenters. The van der Waals surface area contributed by atoms with Crippen LogP contribution in [0.5, 0.6) is 23.1 Å². The first-order chi connectivity index (χ1) is 20.3. The van der Waals surface area contributed by atoms with E-state index in [-0.39, 0.29) is 23.6 Å². The van der Waals surface area contributed by atoms with Crippen LogP contribution in [0.2, 0.25) is 0 Å². The Morgan fingerprint density at radius 1 is 1.14 bits per heavy atom. The Bertz CT molecular complexity index is 1840. The van der Waals surface area contributed by atoms with Crippen molar-refractivity contribution in [1.29, 1.82) is 5.26 Å². The lowest BCUT2D eigenvalue weighted by atomic mass is 10.0. The molecule has 0 saturated carbocycles. The molecule has 0 spiro atoms. The molecule has 4 aromatic heterocycles. The molecule has 0 aliphatic carbocycles. The van der Waals surface area contributed by atoms with E-state index >= 15 is 8.78 Å². The van der Waals surface area contributed by atoms with Gasteiger partial charge >= 0.3 is 0 Å². The first kappa shape index (κ1) is 27.1. The van der Waals surface area contributed by atoms with Gasteiger partial charge < -0.3 is 24.4 Å². The third-order valence-corrected chi connectivity index (χ3v) is 7.05. The lowest BCUT2D eigenvalue weighted by Crippen LogP contribution is -2.52. The van der Waals surface area contributed by atoms with Gasteiger partial charge in [0.05, 0.1) is 48.2 Å². The van der Waals surface area contributed by atoms with Crippen molar-refractivity contribution >= 4 is 27.9 Å². The molecule has 6 rings (SSSR count). The van der Waals surface area contributed by atoms with Crippen molar-refractivity contribution in [3.8, 4) is 29.2 Å². The summed E-state index contributed by atoms with van der Waals surface area (Å²) in [5, 5.41) is 17.7. The van der Waals surface area contributed by atoms with Crippen LogP contribution in [0.1, 0.15) is 17.5 Å². The standard InChI is InChI=1S/C29H26F2N8O3/c1-17-10-19(4-6-22(17)41-20-5-7-24-35-16-36-39(24)14-20)37-26-18(11-32)12-33-21-13-34-28(40-3)27(25(21)26)42-23-8-9-38(2)15-29(23,30)31/h4-7,10,12-14,16,23H,8-9,15H2,1-3H3,(H,33,37)/t23-/m0/s1. The lowest BCUT2D eigenvalue weighted by molar-refractivity contribution is -0.135. The Balaban J connectivity index is 1.37. The molecule has 0 amide bonds. The minimum Gasteiger partial charge on any atom is -0.478 e. The summed E-state index contributed by atoms with van der Waals surface area (Å²) in [5.41, 5.74) is 3.00. The topological polar surface area (TPSA) is 123 Å². The Kier molecular flexibility index (Phi) is 6.91. The van der Waals surface area contributed by atoms with Gasteiger partial charge in [-0.2, -0.15) is 10.4 Å². The summed E-state index contributed by atoms with van der Waals surface area (Å²) in [4.78, 5) is 14.3. The van der Waals surface area contributed by atoms with Gasteiger partial charge in [-0.15, -0.1) is 0 Å². The number of nitriles is 1. The largest absolute Gasteiger partial charge is 0.478 e. The maximum atomic E-state index is 15.0. The van der Waals surface area contributed by atoms with Gasteiger partial charge in [0.2, 0.25) is 0 Å². The molecular formula is C29H26F2N8O3. The van der Waals surface area contributed by atoms with Gasteiger partial charge in [0.1, 0.15) is 23.9 Å². The van der Waals surface area contributed by atoms with Crippen LogP contribution < -0.4 is 19.5 Å². The zero-order valence-corrected chi connectivity index (χ0v) is 23.0. The number of ether oxygens (including phenoxy) is 3. The van der Waals surface area contributed by atoms with Gasteiger partial charge in [-0.3, -0.25) is 4.98 Å². The van der Waals surface area contributed by atoms with Crippen LogP contribution >= 0.6 is 0 Å². The highest BCUT2D eigenvalue weighted by molar-refractivity contribution is 6.01. The number of nitrogens with zero attached hydrogens (tertiary/aromatic N) is 7. The number of anilines is 2. The van der Waals surface area contributed by atoms with Gasteiger partial charge in [-0.1, -0.05) is 0 Å². The second-order valence-corrected chi connectivity index (χ2v) is 10.0. The molecule has 214 valence electrons. The quantitative estimate of drug-likeness (QED) is 0.281. The Morgan fingerprint density at radius 3 is 2.76 bits per heavy atom. The van der Waals surface area contributed by atoms with Gasteiger partial charge in [0, 0.05) is 24.8 Å². The summed E-state index contributed by atoms with van der Waals surface area (Å²) in [6.45, 7) is 1.88. The van der Waals surface area contributed by atoms with Gasteiger partial charge in [-0.05, 0) is 49.9 Å². The average Bonchev–Trinajstić information content (AvgIpc) is 3.44. The molecule has 1 N–H and O–H groups in total. The fraction of sp³-hybridized carbons (Fsp3) is 0.276. The maximum absolute atomic E-state index is 15.0. The van der Waals surface area contributed by atoms with E-state index in [1.54, 1.807) is 46.9 Å². The van der Waals surface area contributed by atoms with Crippen molar-refractivity contribution in [2.75, 3.05) is 32.6 Å². The number of alkyl halides is 2. The number of rotatable bonds is 7. The molecular weight excluding hydrogens is 546 g/mol. The number of pyridine rings is 3. The summed E-state index contributed by atoms with van der Waals surface area (Å²) in [6.07, 6.45) is 4.73. The van der Waals surface area contributed by atoms with Crippen molar-refractivity contribution in [3.63, 3.8) is 0 Å². The second kappa shape index (κ2) is 10.7. The van der Waals surface area contributed by atoms with E-state index in [0.717, 1.165) is 5.56 Å². The third-order valence-electron chi connectivity index (χ3n) is 7.05. The number of hydrogen-bond donors (Lipinski definition) is 1. The van der Waals surface area contributed by atoms with Crippen LogP contribution in [-0.4, -0.2) is 68.7 Å². The predicted molar refractivity (Wildman–Crippen MR) is 150 cm³/mol. The molecule has 0 unspecified atom stereocenters. The van der Waals surface area contributed by atoms with Crippen molar-refractivity contribution in [2.24, 2.45) is 0 Å². The summed E-state index contributed by atoms with van der Waals surface area (Å²) in [7, 11) is 3.02. The molecule has 1 saturated heterocycles. The lowest BCUT2D eigenvalue weighted by Gasteiger charge is -2.36. The minimum absolute atomic E-state index is 0.00323. The number of nitrogens with one attached hydrogen (secondary N) is 1. The number of methoxy groups -OCH3 is 1. The minimum atomic E-state index is -3.11. The maximum Gasteiger partial charge on any atom is 0.296 e. The van der Waals surface area contributed by atoms with Crippen LogP contribution in [0.15, 0.2) is 55.2 Å². The van der Waals surface area contributed by atoms with Crippen LogP contribution in [0.25, 0.3) is 16.6 Å². The zero-order valence-electron chi connectivity index (χ0n) is 23.0. The number of benzene rings is 1. The fourth-order valence-corrected chi connectivity index (χ4v) is 4.96. The van der Waals surface area contributed by atoms with Gasteiger partial charge in [0.25, 0.3) is 11.8 Å². The smallest absolute Gasteiger partial charge is 0.296 e. The van der Waals surface area contributed by atoms with E-state index in [1.807, 2.05) is 13.0 Å². The van der Waals surface area contributed by atoms with Crippen LogP contribution in [-0.2, 0) is 0 Å². The molecule has 11 nitrogen and oxygen atoms in total. The van der Waals surface area contributed by atoms with E-state index in [4.69, 9.17) is 14.2 Å². The van der Waals surface area contributed by atoms with Crippen molar-refractivity contribution in [2.45, 2.75) is 25.4 Å². The highest BCUT2D eigenvalue weighted by atomic mass is 19.3. The average molecular weight is 573 g/mol. The van der Waals surface area contributed by atoms with E-state index in [0.29, 0.717) is 46.0 Å². The normalized spacial score (nSPS) is 16.7. The Hall–Kier alpha value is -5.09. The first-order valence-electron chi connectivity index (χ1n) is 13.1. The highest BCUT2D eigenvalue weighted by Gasteiger charge is 2.46. The molecule has 42 heavy (non-hydrogen) atoms. The number of piperidine rings is 1. The van der Waals surface area contributed by atoms with Gasteiger partial charge in [0.15, 0.2) is 17.5 Å². The summed E-state index contributed by atoms with van der Waals surface area (Å²) in [5.74, 6) is -1.91. The molecule has 1 aromatic carbocycles. The molecule has 5 heterocycles. The Labute approximate surface area is 239 Å². The molecule has 5 aromatic rings. The van der Waals surface area contributed by atoms with Crippen LogP contribution in [0.3, 0.4) is 0 Å². The van der Waals surface area contributed by atoms with Gasteiger partial charge in [-0.25, -0.2) is 23.3 Å². The number of likely N-dealkylation sites (tertiary alicyclic amines) is 1. The summed E-state index contributed by atoms with van der Waals surface area (Å²) in [6, 6.07) is 11.2. The Morgan fingerprint density at radius 2 is 2.00 bits per heavy atom. The van der Waals surface area contributed by atoms with Crippen molar-refractivity contribution in [3.05, 3.63) is 66.4 Å². The van der Waals surface area contributed by atoms with Crippen molar-refractivity contribution < 1.29 is 23.0 Å². The van der Waals surface area contributed by atoms with Crippen LogP contribution in [0.4, 0.5) is 20.2 Å². The monoisotopic (exact) mass is 572 g/mol. The van der Waals surface area contributed by atoms with E-state index in [9.17, 15) is 5.26 Å². The number of fused-ring (bicyclic) bond motifs is 2. The fourth-order valence-electron chi connectivity index (χ4n) is 4.96. The number of hydrogen-bond acceptors (Lipinski definition) is 10. The highest BCUT2D eigenvalue weighted by Crippen LogP contribution is 2.43. The third kappa shape index (κ3) is 5.08. The van der Waals surface area contributed by atoms with Crippen LogP contribution in [0, 0.1) is 18.3 Å². The van der Waals surface area contributed by atoms with E-state index in [2.05, 4.69) is 31.4 Å². The molecule has 1 fully saturated rings. The number of aromatic nitrogens is 5. The molecule has 1 aliphatic rings. The van der Waals surface area contributed by atoms with E-state index < -0.39 is 18.6 Å².